The zero-order valence-corrected chi connectivity index (χ0v) is 13.1. The van der Waals surface area contributed by atoms with Gasteiger partial charge in [0.25, 0.3) is 5.91 Å². The molecule has 9 heteroatoms. The van der Waals surface area contributed by atoms with Crippen LogP contribution in [0.25, 0.3) is 0 Å². The van der Waals surface area contributed by atoms with Gasteiger partial charge in [-0.25, -0.2) is 4.68 Å². The third-order valence-corrected chi connectivity index (χ3v) is 4.19. The van der Waals surface area contributed by atoms with Crippen molar-refractivity contribution in [1.29, 1.82) is 0 Å². The SMILES string of the molecule is CCSc1ccc(Cl)c(C(=O)Nc2nnnn2C)c1Cl. The Morgan fingerprint density at radius 1 is 1.45 bits per heavy atom. The number of thioether (sulfide) groups is 1. The highest BCUT2D eigenvalue weighted by Crippen LogP contribution is 2.34. The standard InChI is InChI=1S/C11H11Cl2N5OS/c1-3-20-7-5-4-6(12)8(9(7)13)10(19)14-11-15-16-17-18(11)2/h4-5H,3H2,1-2H3,(H,14,15,17,19). The molecule has 0 bridgehead atoms. The van der Waals surface area contributed by atoms with Crippen LogP contribution in [0.15, 0.2) is 17.0 Å². The molecule has 1 amide bonds. The summed E-state index contributed by atoms with van der Waals surface area (Å²) in [5.74, 6) is 0.613. The number of amides is 1. The number of hydrogen-bond acceptors (Lipinski definition) is 5. The summed E-state index contributed by atoms with van der Waals surface area (Å²) >= 11 is 13.8. The minimum atomic E-state index is -0.448. The van der Waals surface area contributed by atoms with Gasteiger partial charge in [0.1, 0.15) is 0 Å². The topological polar surface area (TPSA) is 72.7 Å². The van der Waals surface area contributed by atoms with Gasteiger partial charge < -0.3 is 0 Å². The van der Waals surface area contributed by atoms with Crippen LogP contribution < -0.4 is 5.32 Å². The van der Waals surface area contributed by atoms with Gasteiger partial charge >= 0.3 is 0 Å². The van der Waals surface area contributed by atoms with Gasteiger partial charge in [-0.3, -0.25) is 10.1 Å². The molecule has 0 aliphatic rings. The van der Waals surface area contributed by atoms with Gasteiger partial charge in [0, 0.05) is 11.9 Å². The average molecular weight is 332 g/mol. The highest BCUT2D eigenvalue weighted by Gasteiger charge is 2.19. The number of aromatic nitrogens is 4. The van der Waals surface area contributed by atoms with Crippen LogP contribution in [0.2, 0.25) is 10.0 Å². The third kappa shape index (κ3) is 3.05. The number of rotatable bonds is 4. The first-order valence-electron chi connectivity index (χ1n) is 5.69. The predicted molar refractivity (Wildman–Crippen MR) is 79.6 cm³/mol. The third-order valence-electron chi connectivity index (χ3n) is 2.43. The molecule has 0 unspecified atom stereocenters. The summed E-state index contributed by atoms with van der Waals surface area (Å²) in [6, 6.07) is 3.44. The maximum absolute atomic E-state index is 12.3. The summed E-state index contributed by atoms with van der Waals surface area (Å²) in [5.41, 5.74) is 0.217. The van der Waals surface area contributed by atoms with Crippen molar-refractivity contribution in [2.24, 2.45) is 7.05 Å². The van der Waals surface area contributed by atoms with E-state index < -0.39 is 5.91 Å². The van der Waals surface area contributed by atoms with Crippen molar-refractivity contribution in [2.75, 3.05) is 11.1 Å². The molecule has 0 fully saturated rings. The first kappa shape index (κ1) is 15.1. The van der Waals surface area contributed by atoms with Crippen molar-refractivity contribution in [3.8, 4) is 0 Å². The monoisotopic (exact) mass is 331 g/mol. The molecule has 0 aliphatic carbocycles. The molecule has 0 spiro atoms. The molecule has 2 aromatic rings. The second-order valence-electron chi connectivity index (χ2n) is 3.75. The highest BCUT2D eigenvalue weighted by molar-refractivity contribution is 7.99. The smallest absolute Gasteiger partial charge is 0.261 e. The van der Waals surface area contributed by atoms with E-state index in [0.717, 1.165) is 10.6 Å². The molecule has 20 heavy (non-hydrogen) atoms. The van der Waals surface area contributed by atoms with Crippen LogP contribution in [-0.4, -0.2) is 31.9 Å². The molecular weight excluding hydrogens is 321 g/mol. The number of carbonyl (C=O) groups excluding carboxylic acids is 1. The van der Waals surface area contributed by atoms with Gasteiger partial charge in [0.05, 0.1) is 15.6 Å². The minimum absolute atomic E-state index is 0.217. The summed E-state index contributed by atoms with van der Waals surface area (Å²) < 4.78 is 1.34. The number of nitrogens with one attached hydrogen (secondary N) is 1. The molecule has 1 N–H and O–H groups in total. The van der Waals surface area contributed by atoms with Crippen molar-refractivity contribution in [3.63, 3.8) is 0 Å². The second kappa shape index (κ2) is 6.43. The normalized spacial score (nSPS) is 10.6. The van der Waals surface area contributed by atoms with Crippen molar-refractivity contribution in [2.45, 2.75) is 11.8 Å². The minimum Gasteiger partial charge on any atom is -0.289 e. The van der Waals surface area contributed by atoms with Crippen molar-refractivity contribution < 1.29 is 4.79 Å². The van der Waals surface area contributed by atoms with E-state index in [-0.39, 0.29) is 16.5 Å². The number of carbonyl (C=O) groups is 1. The molecule has 1 aromatic carbocycles. The number of halogens is 2. The van der Waals surface area contributed by atoms with Crippen molar-refractivity contribution in [3.05, 3.63) is 27.7 Å². The molecule has 0 saturated heterocycles. The Morgan fingerprint density at radius 3 is 2.80 bits per heavy atom. The van der Waals surface area contributed by atoms with E-state index >= 15 is 0 Å². The summed E-state index contributed by atoms with van der Waals surface area (Å²) in [5, 5.41) is 13.9. The molecule has 0 saturated carbocycles. The van der Waals surface area contributed by atoms with E-state index in [1.807, 2.05) is 6.92 Å². The molecule has 0 atom stereocenters. The summed E-state index contributed by atoms with van der Waals surface area (Å²) in [6.07, 6.45) is 0. The predicted octanol–water partition coefficient (Wildman–Crippen LogP) is 2.88. The number of hydrogen-bond donors (Lipinski definition) is 1. The fourth-order valence-corrected chi connectivity index (χ4v) is 2.92. The Labute approximate surface area is 129 Å². The van der Waals surface area contributed by atoms with Crippen LogP contribution in [0.4, 0.5) is 5.95 Å². The molecule has 0 aliphatic heterocycles. The van der Waals surface area contributed by atoms with E-state index in [0.29, 0.717) is 5.02 Å². The van der Waals surface area contributed by atoms with Gasteiger partial charge in [-0.15, -0.1) is 11.8 Å². The van der Waals surface area contributed by atoms with Crippen molar-refractivity contribution >= 4 is 46.8 Å². The Bertz CT molecular complexity index is 646. The van der Waals surface area contributed by atoms with Crippen LogP contribution >= 0.6 is 35.0 Å². The Morgan fingerprint density at radius 2 is 2.20 bits per heavy atom. The molecule has 1 heterocycles. The van der Waals surface area contributed by atoms with E-state index in [9.17, 15) is 4.79 Å². The number of aryl methyl sites for hydroxylation is 1. The fraction of sp³-hybridized carbons (Fsp3) is 0.273. The Hall–Kier alpha value is -1.31. The first-order chi connectivity index (χ1) is 9.54. The first-order valence-corrected chi connectivity index (χ1v) is 7.43. The van der Waals surface area contributed by atoms with Crippen LogP contribution in [0.5, 0.6) is 0 Å². The number of anilines is 1. The van der Waals surface area contributed by atoms with Crippen molar-refractivity contribution in [1.82, 2.24) is 20.2 Å². The quantitative estimate of drug-likeness (QED) is 0.872. The molecule has 1 aromatic heterocycles. The van der Waals surface area contributed by atoms with Crippen LogP contribution in [0.1, 0.15) is 17.3 Å². The van der Waals surface area contributed by atoms with Crippen LogP contribution in [-0.2, 0) is 7.05 Å². The summed E-state index contributed by atoms with van der Waals surface area (Å²) in [4.78, 5) is 13.1. The second-order valence-corrected chi connectivity index (χ2v) is 5.84. The molecular formula is C11H11Cl2N5OS. The molecule has 0 radical (unpaired) electrons. The zero-order valence-electron chi connectivity index (χ0n) is 10.7. The summed E-state index contributed by atoms with van der Waals surface area (Å²) in [6.45, 7) is 2.00. The molecule has 106 valence electrons. The lowest BCUT2D eigenvalue weighted by Gasteiger charge is -2.10. The number of benzene rings is 1. The lowest BCUT2D eigenvalue weighted by molar-refractivity contribution is 0.102. The largest absolute Gasteiger partial charge is 0.289 e. The summed E-state index contributed by atoms with van der Waals surface area (Å²) in [7, 11) is 1.61. The molecule has 2 rings (SSSR count). The number of nitrogens with zero attached hydrogens (tertiary/aromatic N) is 4. The maximum Gasteiger partial charge on any atom is 0.261 e. The van der Waals surface area contributed by atoms with Crippen LogP contribution in [0.3, 0.4) is 0 Å². The highest BCUT2D eigenvalue weighted by atomic mass is 35.5. The van der Waals surface area contributed by atoms with E-state index in [2.05, 4.69) is 20.8 Å². The van der Waals surface area contributed by atoms with E-state index in [1.54, 1.807) is 19.2 Å². The zero-order chi connectivity index (χ0) is 14.7. The Kier molecular flexibility index (Phi) is 4.85. The lowest BCUT2D eigenvalue weighted by Crippen LogP contribution is -2.16. The Balaban J connectivity index is 2.34. The van der Waals surface area contributed by atoms with Gasteiger partial charge in [0.15, 0.2) is 0 Å². The fourth-order valence-electron chi connectivity index (χ4n) is 1.51. The van der Waals surface area contributed by atoms with Gasteiger partial charge in [-0.1, -0.05) is 35.2 Å². The van der Waals surface area contributed by atoms with Gasteiger partial charge in [0.2, 0.25) is 5.95 Å². The maximum atomic E-state index is 12.3. The average Bonchev–Trinajstić information content (AvgIpc) is 2.79. The molecule has 6 nitrogen and oxygen atoms in total. The number of tetrazole rings is 1. The van der Waals surface area contributed by atoms with E-state index in [4.69, 9.17) is 23.2 Å². The van der Waals surface area contributed by atoms with Crippen LogP contribution in [0, 0.1) is 0 Å². The van der Waals surface area contributed by atoms with Gasteiger partial charge in [-0.05, 0) is 28.3 Å². The lowest BCUT2D eigenvalue weighted by atomic mass is 10.2. The van der Waals surface area contributed by atoms with E-state index in [1.165, 1.54) is 16.4 Å². The van der Waals surface area contributed by atoms with Gasteiger partial charge in [-0.2, -0.15) is 0 Å².